The van der Waals surface area contributed by atoms with Gasteiger partial charge in [0.15, 0.2) is 0 Å². The normalized spacial score (nSPS) is 11.0. The van der Waals surface area contributed by atoms with Crippen LogP contribution in [0, 0.1) is 5.41 Å². The van der Waals surface area contributed by atoms with Gasteiger partial charge in [0.05, 0.1) is 12.4 Å². The van der Waals surface area contributed by atoms with Gasteiger partial charge in [0.1, 0.15) is 18.6 Å². The maximum absolute atomic E-state index is 12.4. The molecule has 0 rings (SSSR count). The SMILES string of the molecule is C=C(C)C(=O)OCC(C)(COC(=O)C(=C)C)C(=O)OCCCCS(=O)(=O)O.[H-].[H-].[Mg+2]. The number of unbranched alkanes of at least 4 members (excludes halogenated alkanes) is 1. The molecule has 0 fully saturated rings. The van der Waals surface area contributed by atoms with Crippen LogP contribution < -0.4 is 0 Å². The Morgan fingerprint density at radius 3 is 1.75 bits per heavy atom. The topological polar surface area (TPSA) is 133 Å². The quantitative estimate of drug-likeness (QED) is 0.121. The van der Waals surface area contributed by atoms with Crippen LogP contribution in [0.4, 0.5) is 0 Å². The molecule has 0 spiro atoms. The van der Waals surface area contributed by atoms with Gasteiger partial charge in [-0.15, -0.1) is 0 Å². The molecule has 158 valence electrons. The van der Waals surface area contributed by atoms with E-state index in [1.807, 2.05) is 0 Å². The zero-order chi connectivity index (χ0) is 21.3. The third-order valence-corrected chi connectivity index (χ3v) is 4.07. The summed E-state index contributed by atoms with van der Waals surface area (Å²) in [5, 5.41) is 0. The Hall–Kier alpha value is -1.43. The van der Waals surface area contributed by atoms with Crippen LogP contribution in [-0.4, -0.2) is 79.5 Å². The molecule has 0 unspecified atom stereocenters. The third-order valence-electron chi connectivity index (χ3n) is 3.26. The summed E-state index contributed by atoms with van der Waals surface area (Å²) in [6.45, 7) is 10.2. The van der Waals surface area contributed by atoms with Crippen molar-refractivity contribution in [2.45, 2.75) is 33.6 Å². The van der Waals surface area contributed by atoms with Crippen molar-refractivity contribution in [3.8, 4) is 0 Å². The summed E-state index contributed by atoms with van der Waals surface area (Å²) in [4.78, 5) is 35.5. The molecule has 28 heavy (non-hydrogen) atoms. The van der Waals surface area contributed by atoms with Gasteiger partial charge in [0, 0.05) is 11.1 Å². The molecule has 0 aliphatic rings. The minimum Gasteiger partial charge on any atom is -1.00 e. The van der Waals surface area contributed by atoms with E-state index in [0.717, 1.165) is 0 Å². The van der Waals surface area contributed by atoms with E-state index in [2.05, 4.69) is 13.2 Å². The summed E-state index contributed by atoms with van der Waals surface area (Å²) in [6, 6.07) is 0. The number of rotatable bonds is 12. The van der Waals surface area contributed by atoms with Gasteiger partial charge in [-0.2, -0.15) is 8.42 Å². The van der Waals surface area contributed by atoms with E-state index in [1.54, 1.807) is 0 Å². The van der Waals surface area contributed by atoms with E-state index in [0.29, 0.717) is 0 Å². The van der Waals surface area contributed by atoms with E-state index in [9.17, 15) is 22.8 Å². The maximum Gasteiger partial charge on any atom is 2.00 e. The van der Waals surface area contributed by atoms with Crippen molar-refractivity contribution in [1.82, 2.24) is 0 Å². The van der Waals surface area contributed by atoms with Gasteiger partial charge in [-0.3, -0.25) is 9.35 Å². The minimum atomic E-state index is -4.08. The van der Waals surface area contributed by atoms with Crippen molar-refractivity contribution < 1.29 is 44.4 Å². The molecule has 0 bridgehead atoms. The standard InChI is InChI=1S/C17H26O9S.Mg.2H/c1-12(2)14(18)25-10-17(5,11-26-15(19)13(3)4)16(20)24-8-6-7-9-27(21,22)23;;;/h1,3,6-11H2,2,4-5H3,(H,21,22,23);;;/q;+2;2*-1. The molecule has 0 aliphatic carbocycles. The average Bonchev–Trinajstić information content (AvgIpc) is 2.55. The molecule has 0 radical (unpaired) electrons. The Balaban J connectivity index is -0.00000113. The first-order valence-electron chi connectivity index (χ1n) is 8.06. The molecule has 1 N–H and O–H groups in total. The van der Waals surface area contributed by atoms with Crippen LogP contribution in [0.1, 0.15) is 36.5 Å². The van der Waals surface area contributed by atoms with Crippen LogP contribution in [0.5, 0.6) is 0 Å². The first-order chi connectivity index (χ1) is 12.3. The Labute approximate surface area is 184 Å². The summed E-state index contributed by atoms with van der Waals surface area (Å²) in [5.41, 5.74) is -1.20. The molecule has 0 atom stereocenters. The number of esters is 3. The van der Waals surface area contributed by atoms with Crippen molar-refractivity contribution in [2.24, 2.45) is 5.41 Å². The van der Waals surface area contributed by atoms with Gasteiger partial charge in [-0.05, 0) is 33.6 Å². The van der Waals surface area contributed by atoms with Crippen LogP contribution in [0.25, 0.3) is 0 Å². The largest absolute Gasteiger partial charge is 2.00 e. The summed E-state index contributed by atoms with van der Waals surface area (Å²) >= 11 is 0. The zero-order valence-electron chi connectivity index (χ0n) is 18.5. The van der Waals surface area contributed by atoms with Gasteiger partial charge in [0.25, 0.3) is 10.1 Å². The molecule has 11 heteroatoms. The Bertz CT molecular complexity index is 678. The van der Waals surface area contributed by atoms with Gasteiger partial charge in [-0.25, -0.2) is 9.59 Å². The molecular weight excluding hydrogens is 405 g/mol. The molecule has 9 nitrogen and oxygen atoms in total. The fourth-order valence-corrected chi connectivity index (χ4v) is 2.15. The molecule has 0 amide bonds. The van der Waals surface area contributed by atoms with Gasteiger partial charge < -0.3 is 17.1 Å². The monoisotopic (exact) mass is 432 g/mol. The third kappa shape index (κ3) is 12.1. The van der Waals surface area contributed by atoms with E-state index < -0.39 is 52.4 Å². The van der Waals surface area contributed by atoms with E-state index >= 15 is 0 Å². The Morgan fingerprint density at radius 1 is 0.964 bits per heavy atom. The van der Waals surface area contributed by atoms with Crippen LogP contribution in [0.3, 0.4) is 0 Å². The van der Waals surface area contributed by atoms with Crippen molar-refractivity contribution in [1.29, 1.82) is 0 Å². The molecule has 0 aromatic heterocycles. The van der Waals surface area contributed by atoms with Crippen LogP contribution >= 0.6 is 0 Å². The Morgan fingerprint density at radius 2 is 1.39 bits per heavy atom. The summed E-state index contributed by atoms with van der Waals surface area (Å²) in [6.07, 6.45) is 0.289. The van der Waals surface area contributed by atoms with Crippen LogP contribution in [-0.2, 0) is 38.7 Å². The number of hydrogen-bond donors (Lipinski definition) is 1. The number of hydrogen-bond acceptors (Lipinski definition) is 8. The predicted molar refractivity (Wildman–Crippen MR) is 104 cm³/mol. The van der Waals surface area contributed by atoms with Crippen molar-refractivity contribution in [3.05, 3.63) is 24.3 Å². The van der Waals surface area contributed by atoms with Crippen molar-refractivity contribution in [3.63, 3.8) is 0 Å². The smallest absolute Gasteiger partial charge is 1.00 e. The first-order valence-corrected chi connectivity index (χ1v) is 9.67. The average molecular weight is 433 g/mol. The van der Waals surface area contributed by atoms with Crippen molar-refractivity contribution in [2.75, 3.05) is 25.6 Å². The van der Waals surface area contributed by atoms with Crippen molar-refractivity contribution >= 4 is 51.1 Å². The summed E-state index contributed by atoms with van der Waals surface area (Å²) in [7, 11) is -4.08. The number of carbonyl (C=O) groups is 3. The molecule has 0 aromatic rings. The Kier molecular flexibility index (Phi) is 13.3. The van der Waals surface area contributed by atoms with Gasteiger partial charge in [0.2, 0.25) is 0 Å². The van der Waals surface area contributed by atoms with Crippen LogP contribution in [0.15, 0.2) is 24.3 Å². The predicted octanol–water partition coefficient (Wildman–Crippen LogP) is 1.29. The van der Waals surface area contributed by atoms with E-state index in [1.165, 1.54) is 20.8 Å². The maximum atomic E-state index is 12.4. The fraction of sp³-hybridized carbons (Fsp3) is 0.588. The zero-order valence-corrected chi connectivity index (χ0v) is 18.7. The van der Waals surface area contributed by atoms with Gasteiger partial charge >= 0.3 is 41.0 Å². The van der Waals surface area contributed by atoms with E-state index in [4.69, 9.17) is 18.8 Å². The fourth-order valence-electron chi connectivity index (χ4n) is 1.58. The summed E-state index contributed by atoms with van der Waals surface area (Å²) < 4.78 is 44.9. The van der Waals surface area contributed by atoms with Crippen LogP contribution in [0.2, 0.25) is 0 Å². The molecule has 0 heterocycles. The number of ether oxygens (including phenoxy) is 3. The molecule has 0 aliphatic heterocycles. The first kappa shape index (κ1) is 28.8. The molecular formula is C17H28MgO9S. The second-order valence-electron chi connectivity index (χ2n) is 6.40. The number of carbonyl (C=O) groups excluding carboxylic acids is 3. The molecule has 0 saturated carbocycles. The summed E-state index contributed by atoms with van der Waals surface area (Å²) in [5.74, 6) is -2.67. The second kappa shape index (κ2) is 12.9. The molecule has 0 saturated heterocycles. The minimum absolute atomic E-state index is 0. The second-order valence-corrected chi connectivity index (χ2v) is 7.97. The van der Waals surface area contributed by atoms with Gasteiger partial charge in [-0.1, -0.05) is 13.2 Å². The van der Waals surface area contributed by atoms with E-state index in [-0.39, 0.29) is 56.5 Å². The molecule has 0 aromatic carbocycles.